The summed E-state index contributed by atoms with van der Waals surface area (Å²) < 4.78 is 6.07. The third-order valence-corrected chi connectivity index (χ3v) is 6.31. The summed E-state index contributed by atoms with van der Waals surface area (Å²) in [4.78, 5) is 0. The van der Waals surface area contributed by atoms with Crippen molar-refractivity contribution >= 4 is 33.9 Å². The molecule has 128 valence electrons. The van der Waals surface area contributed by atoms with E-state index in [9.17, 15) is 5.11 Å². The minimum absolute atomic E-state index is 0.0787. The van der Waals surface area contributed by atoms with Gasteiger partial charge in [0.05, 0.1) is 13.2 Å². The molecule has 1 aliphatic carbocycles. The topological polar surface area (TPSA) is 67.3 Å². The Labute approximate surface area is 154 Å². The van der Waals surface area contributed by atoms with Crippen LogP contribution in [0.1, 0.15) is 17.2 Å². The molecule has 0 fully saturated rings. The van der Waals surface area contributed by atoms with E-state index in [2.05, 4.69) is 21.6 Å². The Morgan fingerprint density at radius 1 is 1.20 bits per heavy atom. The number of ether oxygens (including phenoxy) is 1. The van der Waals surface area contributed by atoms with Crippen molar-refractivity contribution in [3.05, 3.63) is 59.7 Å². The van der Waals surface area contributed by atoms with E-state index >= 15 is 0 Å². The standard InChI is InChI=1S/C18H17N3O2S2/c1-23-13-7-4-6-12(10-13)19-17-20-21-18(25-17)24-15-9-11-5-2-3-8-14(11)16(15)22/h2-8,10,15-16,22H,9H2,1H3,(H,19,20)/t15-,16-/m1/s1. The van der Waals surface area contributed by atoms with E-state index in [1.54, 1.807) is 18.9 Å². The average molecular weight is 371 g/mol. The van der Waals surface area contributed by atoms with Crippen molar-refractivity contribution in [2.24, 2.45) is 0 Å². The summed E-state index contributed by atoms with van der Waals surface area (Å²) in [6, 6.07) is 15.7. The fourth-order valence-electron chi connectivity index (χ4n) is 2.91. The summed E-state index contributed by atoms with van der Waals surface area (Å²) in [7, 11) is 1.64. The monoisotopic (exact) mass is 371 g/mol. The number of methoxy groups -OCH3 is 1. The van der Waals surface area contributed by atoms with Crippen LogP contribution in [0.25, 0.3) is 0 Å². The fourth-order valence-corrected chi connectivity index (χ4v) is 5.09. The molecule has 0 spiro atoms. The second-order valence-electron chi connectivity index (χ2n) is 5.73. The molecule has 2 atom stereocenters. The van der Waals surface area contributed by atoms with Crippen molar-refractivity contribution < 1.29 is 9.84 Å². The Bertz CT molecular complexity index is 884. The van der Waals surface area contributed by atoms with Crippen LogP contribution in [-0.4, -0.2) is 27.7 Å². The van der Waals surface area contributed by atoms with Gasteiger partial charge in [-0.1, -0.05) is 53.4 Å². The zero-order chi connectivity index (χ0) is 17.2. The minimum atomic E-state index is -0.458. The van der Waals surface area contributed by atoms with Crippen LogP contribution in [0.2, 0.25) is 0 Å². The molecule has 5 nitrogen and oxygen atoms in total. The quantitative estimate of drug-likeness (QED) is 0.705. The third-order valence-electron chi connectivity index (χ3n) is 4.13. The van der Waals surface area contributed by atoms with Gasteiger partial charge in [0.15, 0.2) is 4.34 Å². The number of fused-ring (bicyclic) bond motifs is 1. The lowest BCUT2D eigenvalue weighted by Gasteiger charge is -2.12. The number of aromatic nitrogens is 2. The first-order valence-corrected chi connectivity index (χ1v) is 9.59. The molecule has 2 N–H and O–H groups in total. The van der Waals surface area contributed by atoms with E-state index < -0.39 is 6.10 Å². The van der Waals surface area contributed by atoms with Crippen LogP contribution in [0.15, 0.2) is 52.9 Å². The highest BCUT2D eigenvalue weighted by atomic mass is 32.2. The van der Waals surface area contributed by atoms with E-state index in [4.69, 9.17) is 4.74 Å². The number of hydrogen-bond acceptors (Lipinski definition) is 7. The van der Waals surface area contributed by atoms with E-state index in [0.29, 0.717) is 0 Å². The molecule has 0 saturated carbocycles. The molecule has 2 aromatic carbocycles. The van der Waals surface area contributed by atoms with E-state index in [1.165, 1.54) is 16.9 Å². The maximum Gasteiger partial charge on any atom is 0.210 e. The van der Waals surface area contributed by atoms with Crippen LogP contribution in [0.5, 0.6) is 5.75 Å². The van der Waals surface area contributed by atoms with Gasteiger partial charge in [0.2, 0.25) is 5.13 Å². The molecule has 0 radical (unpaired) electrons. The smallest absolute Gasteiger partial charge is 0.210 e. The lowest BCUT2D eigenvalue weighted by Crippen LogP contribution is -2.08. The molecule has 1 heterocycles. The second-order valence-corrected chi connectivity index (χ2v) is 8.20. The average Bonchev–Trinajstić information content (AvgIpc) is 3.20. The summed E-state index contributed by atoms with van der Waals surface area (Å²) in [6.07, 6.45) is 0.389. The Balaban J connectivity index is 1.44. The maximum absolute atomic E-state index is 10.5. The first kappa shape index (κ1) is 16.4. The largest absolute Gasteiger partial charge is 0.497 e. The summed E-state index contributed by atoms with van der Waals surface area (Å²) in [5.41, 5.74) is 3.14. The number of rotatable bonds is 5. The molecule has 3 aromatic rings. The highest BCUT2D eigenvalue weighted by molar-refractivity contribution is 8.01. The molecule has 1 aliphatic rings. The predicted octanol–water partition coefficient (Wildman–Crippen LogP) is 4.04. The van der Waals surface area contributed by atoms with Gasteiger partial charge < -0.3 is 15.2 Å². The van der Waals surface area contributed by atoms with Gasteiger partial charge in [-0.3, -0.25) is 0 Å². The van der Waals surface area contributed by atoms with E-state index in [0.717, 1.165) is 32.9 Å². The number of thioether (sulfide) groups is 1. The van der Waals surface area contributed by atoms with Crippen molar-refractivity contribution in [1.29, 1.82) is 0 Å². The van der Waals surface area contributed by atoms with Crippen LogP contribution >= 0.6 is 23.1 Å². The van der Waals surface area contributed by atoms with Crippen molar-refractivity contribution in [3.63, 3.8) is 0 Å². The normalized spacial score (nSPS) is 18.8. The van der Waals surface area contributed by atoms with Crippen molar-refractivity contribution in [2.75, 3.05) is 12.4 Å². The number of hydrogen-bond donors (Lipinski definition) is 2. The second kappa shape index (κ2) is 7.03. The van der Waals surface area contributed by atoms with Gasteiger partial charge in [0, 0.05) is 17.0 Å². The molecular weight excluding hydrogens is 354 g/mol. The molecule has 1 aromatic heterocycles. The van der Waals surface area contributed by atoms with Gasteiger partial charge in [-0.15, -0.1) is 10.2 Å². The predicted molar refractivity (Wildman–Crippen MR) is 101 cm³/mol. The first-order chi connectivity index (χ1) is 12.2. The zero-order valence-corrected chi connectivity index (χ0v) is 15.2. The van der Waals surface area contributed by atoms with Gasteiger partial charge in [-0.2, -0.15) is 0 Å². The fraction of sp³-hybridized carbons (Fsp3) is 0.222. The first-order valence-electron chi connectivity index (χ1n) is 7.90. The lowest BCUT2D eigenvalue weighted by molar-refractivity contribution is 0.185. The summed E-state index contributed by atoms with van der Waals surface area (Å²) in [6.45, 7) is 0. The minimum Gasteiger partial charge on any atom is -0.497 e. The molecule has 25 heavy (non-hydrogen) atoms. The van der Waals surface area contributed by atoms with Crippen molar-refractivity contribution in [1.82, 2.24) is 10.2 Å². The summed E-state index contributed by atoms with van der Waals surface area (Å²) in [5.74, 6) is 0.788. The van der Waals surface area contributed by atoms with Gasteiger partial charge in [-0.05, 0) is 29.7 Å². The molecule has 0 aliphatic heterocycles. The molecule has 0 amide bonds. The van der Waals surface area contributed by atoms with E-state index in [1.807, 2.05) is 42.5 Å². The number of nitrogens with one attached hydrogen (secondary N) is 1. The van der Waals surface area contributed by atoms with Gasteiger partial charge in [-0.25, -0.2) is 0 Å². The van der Waals surface area contributed by atoms with Gasteiger partial charge in [0.25, 0.3) is 0 Å². The number of aliphatic hydroxyl groups is 1. The van der Waals surface area contributed by atoms with Crippen LogP contribution in [-0.2, 0) is 6.42 Å². The SMILES string of the molecule is COc1cccc(Nc2nnc(S[C@@H]3Cc4ccccc4[C@H]3O)s2)c1. The Hall–Kier alpha value is -2.09. The number of nitrogens with zero attached hydrogens (tertiary/aromatic N) is 2. The Morgan fingerprint density at radius 3 is 2.92 bits per heavy atom. The van der Waals surface area contributed by atoms with Crippen LogP contribution in [0.4, 0.5) is 10.8 Å². The number of benzene rings is 2. The molecule has 0 bridgehead atoms. The van der Waals surface area contributed by atoms with Crippen LogP contribution < -0.4 is 10.1 Å². The third kappa shape index (κ3) is 3.49. The van der Waals surface area contributed by atoms with Crippen molar-refractivity contribution in [2.45, 2.75) is 22.1 Å². The molecular formula is C18H17N3O2S2. The van der Waals surface area contributed by atoms with Crippen LogP contribution in [0, 0.1) is 0 Å². The summed E-state index contributed by atoms with van der Waals surface area (Å²) >= 11 is 3.07. The molecule has 7 heteroatoms. The van der Waals surface area contributed by atoms with Crippen molar-refractivity contribution in [3.8, 4) is 5.75 Å². The number of aliphatic hydroxyl groups excluding tert-OH is 1. The number of anilines is 2. The van der Waals surface area contributed by atoms with E-state index in [-0.39, 0.29) is 5.25 Å². The molecule has 4 rings (SSSR count). The van der Waals surface area contributed by atoms with Gasteiger partial charge >= 0.3 is 0 Å². The van der Waals surface area contributed by atoms with Gasteiger partial charge in [0.1, 0.15) is 5.75 Å². The van der Waals surface area contributed by atoms with Crippen LogP contribution in [0.3, 0.4) is 0 Å². The Morgan fingerprint density at radius 2 is 2.08 bits per heavy atom. The zero-order valence-electron chi connectivity index (χ0n) is 13.5. The maximum atomic E-state index is 10.5. The lowest BCUT2D eigenvalue weighted by atomic mass is 10.1. The highest BCUT2D eigenvalue weighted by Crippen LogP contribution is 2.42. The highest BCUT2D eigenvalue weighted by Gasteiger charge is 2.32. The molecule has 0 saturated heterocycles. The Kier molecular flexibility index (Phi) is 4.61. The molecule has 0 unspecified atom stereocenters. The summed E-state index contributed by atoms with van der Waals surface area (Å²) in [5, 5.41) is 23.0.